The van der Waals surface area contributed by atoms with Crippen molar-refractivity contribution >= 4 is 68.3 Å². The van der Waals surface area contributed by atoms with Crippen LogP contribution in [0.2, 0.25) is 0 Å². The van der Waals surface area contributed by atoms with Crippen LogP contribution in [0.3, 0.4) is 0 Å². The monoisotopic (exact) mass is 1490 g/mol. The molecule has 2 aromatic carbocycles. The van der Waals surface area contributed by atoms with Gasteiger partial charge in [-0.3, -0.25) is 33.3 Å². The molecule has 34 nitrogen and oxygen atoms in total. The lowest BCUT2D eigenvalue weighted by molar-refractivity contribution is -0.147. The summed E-state index contributed by atoms with van der Waals surface area (Å²) in [6.07, 6.45) is 1.11. The van der Waals surface area contributed by atoms with E-state index in [9.17, 15) is 82.9 Å². The molecule has 572 valence electrons. The molecule has 104 heavy (non-hydrogen) atoms. The first-order valence-electron chi connectivity index (χ1n) is 35.5. The zero-order valence-corrected chi connectivity index (χ0v) is 60.0. The molecule has 0 radical (unpaired) electrons. The van der Waals surface area contributed by atoms with E-state index in [1.165, 1.54) is 44.4 Å². The van der Waals surface area contributed by atoms with Gasteiger partial charge in [0.15, 0.2) is 11.5 Å². The first-order valence-corrected chi connectivity index (χ1v) is 37.7. The number of amides is 6. The van der Waals surface area contributed by atoms with Gasteiger partial charge in [-0.2, -0.15) is 8.42 Å². The van der Waals surface area contributed by atoms with Crippen LogP contribution in [-0.4, -0.2) is 288 Å². The van der Waals surface area contributed by atoms with Gasteiger partial charge in [0, 0.05) is 94.6 Å². The molecular weight excluding hydrogens is 1400 g/mol. The lowest BCUT2D eigenvalue weighted by Crippen LogP contribution is -2.64. The van der Waals surface area contributed by atoms with Crippen LogP contribution in [0, 0.1) is 11.3 Å². The largest absolute Gasteiger partial charge is 0.504 e. The molecule has 1 saturated carbocycles. The standard InChI is InChI=1S/C68H98N14O20S2/c1-37-32-82-57(58(37)91)62(95)70-31-44(86)27-48(73-36-68(3)18-23-80(24-19-68)67-78-77-63(103-67)41-12-10-40(11-13-41)42-29-71-66(72-30-42)79-21-16-47(17-22-79)101-46-7-5-4-6-8-46)59(92)74-54(38(2)85)64(96)81-33-45(87)28-49(81)60(93)75-55(52(90)25-39-9-14-50(88)53(26-39)102-104(98,99)100)61(94)76-56(65(82)97)51(89)15-20-69-43(34-83)35-84/h9-14,26,29-30,37-38,43-49,51-52,54-58,69,73,83-91H,4-8,15-25,27-28,31-36H2,1-3H3,(H,70,95)(H,74,92)(H,75,93)(H,76,94)(H,98,99,100)/t37-,38+,44+,45+,48?,49-,51+,52+,54-,55-,56-,57-,58-/m0/s1. The van der Waals surface area contributed by atoms with Gasteiger partial charge in [0.25, 0.3) is 0 Å². The summed E-state index contributed by atoms with van der Waals surface area (Å²) in [7, 11) is -5.23. The molecule has 5 aliphatic heterocycles. The number of carbonyl (C=O) groups is 6. The maximum atomic E-state index is 15.0. The molecule has 0 spiro atoms. The minimum Gasteiger partial charge on any atom is -0.504 e. The Labute approximate surface area is 606 Å². The molecule has 6 fully saturated rings. The fourth-order valence-corrected chi connectivity index (χ4v) is 15.6. The number of phenols is 1. The van der Waals surface area contributed by atoms with Crippen LogP contribution in [0.1, 0.15) is 103 Å². The number of β-amino-alcohol motifs (C(OH)–C–C–N with tert-alkyl or cyclic N) is 1. The Morgan fingerprint density at radius 2 is 1.37 bits per heavy atom. The fraction of sp³-hybridized carbons (Fsp3) is 0.647. The number of piperidine rings is 2. The van der Waals surface area contributed by atoms with Gasteiger partial charge in [0.1, 0.15) is 35.2 Å². The second-order valence-corrected chi connectivity index (χ2v) is 30.6. The van der Waals surface area contributed by atoms with Gasteiger partial charge in [-0.1, -0.05) is 74.8 Å². The summed E-state index contributed by atoms with van der Waals surface area (Å²) in [6, 6.07) is -0.975. The number of benzene rings is 2. The molecule has 5 saturated heterocycles. The predicted molar refractivity (Wildman–Crippen MR) is 375 cm³/mol. The zero-order chi connectivity index (χ0) is 74.7. The van der Waals surface area contributed by atoms with Crippen LogP contribution in [0.25, 0.3) is 21.7 Å². The average Bonchev–Trinajstić information content (AvgIpc) is 1.63. The van der Waals surface area contributed by atoms with E-state index in [2.05, 4.69) is 56.1 Å². The van der Waals surface area contributed by atoms with Gasteiger partial charge in [-0.05, 0) is 93.5 Å². The Morgan fingerprint density at radius 3 is 2.03 bits per heavy atom. The second-order valence-electron chi connectivity index (χ2n) is 28.6. The van der Waals surface area contributed by atoms with E-state index in [1.807, 2.05) is 43.6 Å². The normalized spacial score (nSPS) is 27.1. The summed E-state index contributed by atoms with van der Waals surface area (Å²) in [5, 5.41) is 126. The molecule has 10 rings (SSSR count). The highest BCUT2D eigenvalue weighted by Gasteiger charge is 2.50. The lowest BCUT2D eigenvalue weighted by Gasteiger charge is -2.40. The first kappa shape index (κ1) is 79.1. The third-order valence-corrected chi connectivity index (χ3v) is 22.0. The van der Waals surface area contributed by atoms with Crippen LogP contribution in [0.15, 0.2) is 54.9 Å². The Hall–Kier alpha value is -7.43. The van der Waals surface area contributed by atoms with Gasteiger partial charge in [-0.15, -0.1) is 10.2 Å². The summed E-state index contributed by atoms with van der Waals surface area (Å²) in [5.41, 5.74) is 2.10. The van der Waals surface area contributed by atoms with Crippen molar-refractivity contribution in [3.05, 3.63) is 60.4 Å². The van der Waals surface area contributed by atoms with E-state index in [0.717, 1.165) is 83.5 Å². The summed E-state index contributed by atoms with van der Waals surface area (Å²) in [6.45, 7) is 4.81. The van der Waals surface area contributed by atoms with Crippen molar-refractivity contribution in [3.63, 3.8) is 0 Å². The highest BCUT2D eigenvalue weighted by atomic mass is 32.3. The smallest absolute Gasteiger partial charge is 0.446 e. The number of hydrogen-bond donors (Lipinski definition) is 16. The number of nitrogens with one attached hydrogen (secondary N) is 6. The number of aliphatic hydroxyl groups excluding tert-OH is 8. The van der Waals surface area contributed by atoms with Gasteiger partial charge >= 0.3 is 10.4 Å². The number of aliphatic hydroxyl groups is 8. The van der Waals surface area contributed by atoms with Crippen molar-refractivity contribution in [1.29, 1.82) is 0 Å². The number of phenolic OH excluding ortho intramolecular Hbond substituents is 1. The molecule has 16 N–H and O–H groups in total. The first-order chi connectivity index (χ1) is 49.6. The molecule has 7 heterocycles. The SMILES string of the molecule is C[C@@H](O)[C@@H]1NC(=O)C(NCC2(C)CCN(c3nnc(-c4ccc(-c5cnc(N6CCC(OC7CCCCC7)CC6)nc5)cc4)s3)CC2)C[C@@H](O)CNC(=O)[C@@H]2[C@@H](O)[C@@H](C)CN2C(=O)[C@H]([C@H](O)CCNC(CO)CO)NC(=O)[C@H]([C@H](O)Cc2ccc(O)c(OS(=O)(=O)O)c2)NC(=O)[C@@H]2C[C@@H](O)CN2C1=O. The Morgan fingerprint density at radius 1 is 0.721 bits per heavy atom. The van der Waals surface area contributed by atoms with Crippen LogP contribution in [0.5, 0.6) is 11.5 Å². The molecule has 36 heteroatoms. The average molecular weight is 1500 g/mol. The van der Waals surface area contributed by atoms with Crippen molar-refractivity contribution < 1.29 is 96.6 Å². The highest BCUT2D eigenvalue weighted by molar-refractivity contribution is 7.81. The number of ether oxygens (including phenoxy) is 1. The lowest BCUT2D eigenvalue weighted by atomic mass is 9.80. The number of nitrogens with zero attached hydrogens (tertiary/aromatic N) is 8. The number of hydrogen-bond acceptors (Lipinski definition) is 28. The molecule has 1 unspecified atom stereocenters. The van der Waals surface area contributed by atoms with Crippen LogP contribution >= 0.6 is 11.3 Å². The second kappa shape index (κ2) is 35.3. The third-order valence-electron chi connectivity index (χ3n) is 20.6. The molecular formula is C68H98N14O20S2. The van der Waals surface area contributed by atoms with Crippen molar-refractivity contribution in [2.24, 2.45) is 11.3 Å². The van der Waals surface area contributed by atoms with Gasteiger partial charge in [0.2, 0.25) is 46.5 Å². The summed E-state index contributed by atoms with van der Waals surface area (Å²) < 4.78 is 43.6. The number of aromatic nitrogens is 4. The zero-order valence-electron chi connectivity index (χ0n) is 58.4. The number of aromatic hydroxyl groups is 1. The molecule has 4 aromatic rings. The number of fused-ring (bicyclic) bond motifs is 2. The van der Waals surface area contributed by atoms with Crippen LogP contribution < -0.4 is 45.9 Å². The van der Waals surface area contributed by atoms with Gasteiger partial charge < -0.3 is 106 Å². The minimum atomic E-state index is -5.23. The molecule has 2 aromatic heterocycles. The van der Waals surface area contributed by atoms with Crippen molar-refractivity contribution in [2.75, 3.05) is 81.9 Å². The fourth-order valence-electron chi connectivity index (χ4n) is 14.3. The minimum absolute atomic E-state index is 0.0947. The summed E-state index contributed by atoms with van der Waals surface area (Å²) in [4.78, 5) is 104. The third kappa shape index (κ3) is 20.2. The molecule has 13 atom stereocenters. The molecule has 6 aliphatic rings. The highest BCUT2D eigenvalue weighted by Crippen LogP contribution is 2.37. The maximum absolute atomic E-state index is 15.0. The van der Waals surface area contributed by atoms with Crippen LogP contribution in [-0.2, 0) is 50.3 Å². The van der Waals surface area contributed by atoms with E-state index in [4.69, 9.17) is 14.7 Å². The van der Waals surface area contributed by atoms with Crippen molar-refractivity contribution in [1.82, 2.24) is 61.9 Å². The maximum Gasteiger partial charge on any atom is 0.446 e. The van der Waals surface area contributed by atoms with E-state index in [-0.39, 0.29) is 31.3 Å². The molecule has 1 aliphatic carbocycles. The Balaban J connectivity index is 0.845. The summed E-state index contributed by atoms with van der Waals surface area (Å²) in [5.74, 6) is -8.54. The van der Waals surface area contributed by atoms with Gasteiger partial charge in [-0.25, -0.2) is 9.97 Å². The van der Waals surface area contributed by atoms with E-state index in [1.54, 1.807) is 0 Å². The van der Waals surface area contributed by atoms with E-state index < -0.39 is 200 Å². The van der Waals surface area contributed by atoms with Gasteiger partial charge in [0.05, 0.1) is 74.1 Å². The Kier molecular flexibility index (Phi) is 26.9. The Bertz CT molecular complexity index is 3690. The quantitative estimate of drug-likeness (QED) is 0.0365. The van der Waals surface area contributed by atoms with E-state index in [0.29, 0.717) is 48.1 Å². The summed E-state index contributed by atoms with van der Waals surface area (Å²) >= 11 is 1.44. The van der Waals surface area contributed by atoms with E-state index >= 15 is 4.79 Å². The molecule has 6 amide bonds. The topological polar surface area (TPSA) is 494 Å². The number of anilines is 2. The van der Waals surface area contributed by atoms with Crippen LogP contribution in [0.4, 0.5) is 11.1 Å². The van der Waals surface area contributed by atoms with Crippen molar-refractivity contribution in [2.45, 2.75) is 195 Å². The number of rotatable bonds is 22. The molecule has 0 bridgehead atoms. The predicted octanol–water partition coefficient (Wildman–Crippen LogP) is -2.38. The number of carbonyl (C=O) groups excluding carboxylic acids is 6. The van der Waals surface area contributed by atoms with Crippen molar-refractivity contribution in [3.8, 4) is 33.2 Å².